The minimum Gasteiger partial charge on any atom is -0.382 e. The van der Waals surface area contributed by atoms with Crippen molar-refractivity contribution in [2.45, 2.75) is 43.6 Å². The summed E-state index contributed by atoms with van der Waals surface area (Å²) in [5.74, 6) is 0.505. The number of hydrogen-bond donors (Lipinski definition) is 2. The van der Waals surface area contributed by atoms with Gasteiger partial charge in [0, 0.05) is 19.2 Å². The van der Waals surface area contributed by atoms with Gasteiger partial charge in [-0.2, -0.15) is 0 Å². The molecule has 1 aromatic rings. The van der Waals surface area contributed by atoms with Crippen molar-refractivity contribution in [3.63, 3.8) is 0 Å². The molecule has 0 unspecified atom stereocenters. The first kappa shape index (κ1) is 15.5. The number of methoxy groups -OCH3 is 1. The third-order valence-corrected chi connectivity index (χ3v) is 5.07. The zero-order chi connectivity index (χ0) is 15.4. The first-order valence-electron chi connectivity index (χ1n) is 8.35. The van der Waals surface area contributed by atoms with Crippen LogP contribution in [0.5, 0.6) is 0 Å². The number of amides is 1. The van der Waals surface area contributed by atoms with Crippen molar-refractivity contribution in [2.24, 2.45) is 0 Å². The van der Waals surface area contributed by atoms with Gasteiger partial charge < -0.3 is 15.4 Å². The molecule has 1 atom stereocenters. The van der Waals surface area contributed by atoms with Crippen LogP contribution < -0.4 is 10.6 Å². The summed E-state index contributed by atoms with van der Waals surface area (Å²) in [6.45, 7) is 2.60. The Balaban J connectivity index is 1.79. The van der Waals surface area contributed by atoms with Crippen molar-refractivity contribution in [1.29, 1.82) is 0 Å². The van der Waals surface area contributed by atoms with Crippen LogP contribution in [0.2, 0.25) is 0 Å². The van der Waals surface area contributed by atoms with Crippen molar-refractivity contribution in [2.75, 3.05) is 26.8 Å². The van der Waals surface area contributed by atoms with E-state index in [2.05, 4.69) is 16.7 Å². The summed E-state index contributed by atoms with van der Waals surface area (Å²) in [4.78, 5) is 12.9. The molecule has 1 aliphatic carbocycles. The van der Waals surface area contributed by atoms with Gasteiger partial charge in [-0.3, -0.25) is 4.79 Å². The molecule has 1 heterocycles. The maximum atomic E-state index is 12.9. The predicted molar refractivity (Wildman–Crippen MR) is 87.2 cm³/mol. The van der Waals surface area contributed by atoms with Crippen LogP contribution in [-0.2, 0) is 4.74 Å². The van der Waals surface area contributed by atoms with E-state index in [1.807, 2.05) is 18.2 Å². The highest BCUT2D eigenvalue weighted by Gasteiger charge is 2.36. The van der Waals surface area contributed by atoms with Gasteiger partial charge in [-0.25, -0.2) is 0 Å². The second-order valence-electron chi connectivity index (χ2n) is 6.65. The van der Waals surface area contributed by atoms with Gasteiger partial charge in [-0.05, 0) is 43.4 Å². The number of ether oxygens (including phenoxy) is 1. The van der Waals surface area contributed by atoms with Crippen LogP contribution in [0.3, 0.4) is 0 Å². The summed E-state index contributed by atoms with van der Waals surface area (Å²) < 4.78 is 5.37. The Morgan fingerprint density at radius 2 is 2.14 bits per heavy atom. The Labute approximate surface area is 132 Å². The van der Waals surface area contributed by atoms with E-state index in [0.29, 0.717) is 12.5 Å². The fourth-order valence-electron chi connectivity index (χ4n) is 3.92. The van der Waals surface area contributed by atoms with Crippen LogP contribution in [0.4, 0.5) is 0 Å². The zero-order valence-corrected chi connectivity index (χ0v) is 13.4. The smallest absolute Gasteiger partial charge is 0.252 e. The Bertz CT molecular complexity index is 518. The van der Waals surface area contributed by atoms with E-state index in [9.17, 15) is 4.79 Å². The third kappa shape index (κ3) is 3.18. The molecule has 120 valence electrons. The molecule has 3 rings (SSSR count). The first-order valence-corrected chi connectivity index (χ1v) is 8.35. The molecule has 0 spiro atoms. The van der Waals surface area contributed by atoms with Crippen LogP contribution in [0.25, 0.3) is 0 Å². The van der Waals surface area contributed by atoms with Crippen molar-refractivity contribution in [1.82, 2.24) is 10.6 Å². The lowest BCUT2D eigenvalue weighted by atomic mass is 9.92. The highest BCUT2D eigenvalue weighted by Crippen LogP contribution is 2.31. The number of nitrogens with one attached hydrogen (secondary N) is 2. The van der Waals surface area contributed by atoms with Gasteiger partial charge >= 0.3 is 0 Å². The molecule has 2 fully saturated rings. The molecule has 1 aliphatic heterocycles. The second kappa shape index (κ2) is 6.80. The van der Waals surface area contributed by atoms with E-state index < -0.39 is 0 Å². The molecule has 0 bridgehead atoms. The van der Waals surface area contributed by atoms with Gasteiger partial charge in [0.25, 0.3) is 5.91 Å². The minimum atomic E-state index is -0.174. The summed E-state index contributed by atoms with van der Waals surface area (Å²) in [6, 6.07) is 8.05. The normalized spacial score (nSPS) is 23.6. The highest BCUT2D eigenvalue weighted by atomic mass is 16.5. The number of benzene rings is 1. The maximum Gasteiger partial charge on any atom is 0.252 e. The van der Waals surface area contributed by atoms with Gasteiger partial charge in [-0.1, -0.05) is 31.0 Å². The molecule has 0 radical (unpaired) electrons. The van der Waals surface area contributed by atoms with Crippen LogP contribution in [0, 0.1) is 0 Å². The predicted octanol–water partition coefficient (Wildman–Crippen LogP) is 2.45. The molecular formula is C18H26N2O2. The summed E-state index contributed by atoms with van der Waals surface area (Å²) in [5.41, 5.74) is 1.83. The summed E-state index contributed by atoms with van der Waals surface area (Å²) in [7, 11) is 1.71. The average Bonchev–Trinajstić information content (AvgIpc) is 3.19. The lowest BCUT2D eigenvalue weighted by molar-refractivity contribution is 0.0766. The van der Waals surface area contributed by atoms with Crippen LogP contribution in [0.15, 0.2) is 24.3 Å². The van der Waals surface area contributed by atoms with Gasteiger partial charge in [0.2, 0.25) is 0 Å². The van der Waals surface area contributed by atoms with Crippen molar-refractivity contribution in [3.05, 3.63) is 35.4 Å². The summed E-state index contributed by atoms with van der Waals surface area (Å²) in [5, 5.41) is 6.68. The number of carbonyl (C=O) groups is 1. The molecule has 4 nitrogen and oxygen atoms in total. The molecule has 1 saturated carbocycles. The third-order valence-electron chi connectivity index (χ3n) is 5.07. The first-order chi connectivity index (χ1) is 10.7. The largest absolute Gasteiger partial charge is 0.382 e. The molecule has 4 heteroatoms. The highest BCUT2D eigenvalue weighted by molar-refractivity contribution is 5.96. The molecule has 2 aliphatic rings. The Hall–Kier alpha value is -1.39. The van der Waals surface area contributed by atoms with E-state index in [4.69, 9.17) is 4.74 Å². The SMILES string of the molecule is COCC1(NC(=O)c2ccccc2[C@@H]2CCNC2)CCCC1. The number of carbonyl (C=O) groups excluding carboxylic acids is 1. The van der Waals surface area contributed by atoms with Gasteiger partial charge in [0.05, 0.1) is 12.1 Å². The molecule has 1 aromatic carbocycles. The van der Waals surface area contributed by atoms with Crippen LogP contribution in [0.1, 0.15) is 53.9 Å². The van der Waals surface area contributed by atoms with Gasteiger partial charge in [0.1, 0.15) is 0 Å². The molecular weight excluding hydrogens is 276 g/mol. The lowest BCUT2D eigenvalue weighted by Crippen LogP contribution is -2.49. The lowest BCUT2D eigenvalue weighted by Gasteiger charge is -2.30. The van der Waals surface area contributed by atoms with E-state index in [0.717, 1.165) is 50.8 Å². The topological polar surface area (TPSA) is 50.4 Å². The van der Waals surface area contributed by atoms with E-state index in [-0.39, 0.29) is 11.4 Å². The average molecular weight is 302 g/mol. The van der Waals surface area contributed by atoms with Gasteiger partial charge in [-0.15, -0.1) is 0 Å². The van der Waals surface area contributed by atoms with Crippen LogP contribution in [-0.4, -0.2) is 38.3 Å². The fourth-order valence-corrected chi connectivity index (χ4v) is 3.92. The standard InChI is InChI=1S/C18H26N2O2/c1-22-13-18(9-4-5-10-18)20-17(21)16-7-3-2-6-15(16)14-8-11-19-12-14/h2-3,6-7,14,19H,4-5,8-13H2,1H3,(H,20,21)/t14-/m1/s1. The fraction of sp³-hybridized carbons (Fsp3) is 0.611. The van der Waals surface area contributed by atoms with E-state index >= 15 is 0 Å². The summed E-state index contributed by atoms with van der Waals surface area (Å²) >= 11 is 0. The monoisotopic (exact) mass is 302 g/mol. The van der Waals surface area contributed by atoms with Crippen molar-refractivity contribution >= 4 is 5.91 Å². The van der Waals surface area contributed by atoms with E-state index in [1.54, 1.807) is 7.11 Å². The summed E-state index contributed by atoms with van der Waals surface area (Å²) in [6.07, 6.45) is 5.46. The Kier molecular flexibility index (Phi) is 4.79. The zero-order valence-electron chi connectivity index (χ0n) is 13.4. The maximum absolute atomic E-state index is 12.9. The molecule has 1 amide bonds. The minimum absolute atomic E-state index is 0.0569. The molecule has 0 aromatic heterocycles. The van der Waals surface area contributed by atoms with Crippen molar-refractivity contribution in [3.8, 4) is 0 Å². The number of hydrogen-bond acceptors (Lipinski definition) is 3. The van der Waals surface area contributed by atoms with E-state index in [1.165, 1.54) is 5.56 Å². The second-order valence-corrected chi connectivity index (χ2v) is 6.65. The molecule has 2 N–H and O–H groups in total. The van der Waals surface area contributed by atoms with Crippen LogP contribution >= 0.6 is 0 Å². The Morgan fingerprint density at radius 3 is 2.82 bits per heavy atom. The van der Waals surface area contributed by atoms with Crippen molar-refractivity contribution < 1.29 is 9.53 Å². The number of rotatable bonds is 5. The quantitative estimate of drug-likeness (QED) is 0.878. The van der Waals surface area contributed by atoms with Gasteiger partial charge in [0.15, 0.2) is 0 Å². The molecule has 22 heavy (non-hydrogen) atoms. The Morgan fingerprint density at radius 1 is 1.36 bits per heavy atom. The molecule has 1 saturated heterocycles.